The summed E-state index contributed by atoms with van der Waals surface area (Å²) in [5.41, 5.74) is 0. The molecule has 2 saturated heterocycles. The minimum Gasteiger partial charge on any atom is -0.481 e. The molecular weight excluding hydrogens is 160 g/mol. The van der Waals surface area contributed by atoms with Crippen LogP contribution in [-0.2, 0) is 14.3 Å². The topological polar surface area (TPSA) is 62.4 Å². The summed E-state index contributed by atoms with van der Waals surface area (Å²) in [6.07, 6.45) is 1.76. The van der Waals surface area contributed by atoms with Crippen molar-refractivity contribution in [1.82, 2.24) is 0 Å². The van der Waals surface area contributed by atoms with E-state index in [-0.39, 0.29) is 12.5 Å². The number of carbonyl (C=O) groups is 1. The Kier molecular flexibility index (Phi) is 3.49. The molecule has 2 aliphatic rings. The maximum Gasteiger partial charge on any atom is 0.303 e. The van der Waals surface area contributed by atoms with Crippen LogP contribution < -0.4 is 0 Å². The zero-order chi connectivity index (χ0) is 8.97. The van der Waals surface area contributed by atoms with Gasteiger partial charge in [0.25, 0.3) is 0 Å². The van der Waals surface area contributed by atoms with Crippen molar-refractivity contribution in [3.8, 4) is 0 Å². The van der Waals surface area contributed by atoms with Crippen molar-refractivity contribution in [1.29, 1.82) is 0 Å². The Balaban J connectivity index is 0.000000150. The molecule has 0 bridgehead atoms. The fourth-order valence-electron chi connectivity index (χ4n) is 0.615. The van der Waals surface area contributed by atoms with E-state index in [2.05, 4.69) is 6.92 Å². The summed E-state index contributed by atoms with van der Waals surface area (Å²) in [4.78, 5) is 9.88. The average Bonchev–Trinajstić information content (AvgIpc) is 2.79. The quantitative estimate of drug-likeness (QED) is 0.638. The minimum absolute atomic E-state index is 0.241. The Hall–Kier alpha value is -0.610. The lowest BCUT2D eigenvalue weighted by Gasteiger charge is -1.85. The molecule has 0 aliphatic carbocycles. The zero-order valence-corrected chi connectivity index (χ0v) is 7.16. The minimum atomic E-state index is -0.736. The van der Waals surface area contributed by atoms with Gasteiger partial charge in [0.1, 0.15) is 0 Å². The maximum absolute atomic E-state index is 9.88. The van der Waals surface area contributed by atoms with Gasteiger partial charge in [-0.05, 0) is 13.3 Å². The van der Waals surface area contributed by atoms with E-state index >= 15 is 0 Å². The van der Waals surface area contributed by atoms with Gasteiger partial charge in [-0.1, -0.05) is 0 Å². The molecule has 1 N–H and O–H groups in total. The van der Waals surface area contributed by atoms with Gasteiger partial charge in [0.2, 0.25) is 0 Å². The van der Waals surface area contributed by atoms with Crippen molar-refractivity contribution < 1.29 is 19.4 Å². The molecule has 4 heteroatoms. The summed E-state index contributed by atoms with van der Waals surface area (Å²) in [6.45, 7) is 3.80. The van der Waals surface area contributed by atoms with E-state index in [4.69, 9.17) is 14.6 Å². The van der Waals surface area contributed by atoms with Gasteiger partial charge in [-0.25, -0.2) is 0 Å². The highest BCUT2D eigenvalue weighted by Crippen LogP contribution is 2.14. The van der Waals surface area contributed by atoms with Crippen LogP contribution in [0.25, 0.3) is 0 Å². The number of aliphatic carboxylic acids is 1. The molecule has 2 atom stereocenters. The molecule has 2 heterocycles. The zero-order valence-electron chi connectivity index (χ0n) is 7.16. The smallest absolute Gasteiger partial charge is 0.303 e. The second kappa shape index (κ2) is 4.42. The van der Waals surface area contributed by atoms with Gasteiger partial charge < -0.3 is 14.6 Å². The van der Waals surface area contributed by atoms with Crippen LogP contribution in [0.1, 0.15) is 19.8 Å². The summed E-state index contributed by atoms with van der Waals surface area (Å²) >= 11 is 0. The average molecular weight is 174 g/mol. The third-order valence-corrected chi connectivity index (χ3v) is 1.58. The second-order valence-electron chi connectivity index (χ2n) is 3.03. The van der Waals surface area contributed by atoms with Crippen molar-refractivity contribution in [2.75, 3.05) is 13.2 Å². The fourth-order valence-corrected chi connectivity index (χ4v) is 0.615. The standard InChI is InChI=1S/C5H8O3.C3H6O/c6-5(7)2-1-4-3-8-4;1-3-2-4-3/h4H,1-3H2,(H,6,7);3H,2H2,1H3. The summed E-state index contributed by atoms with van der Waals surface area (Å²) in [7, 11) is 0. The number of hydrogen-bond donors (Lipinski definition) is 1. The normalized spacial score (nSPS) is 30.1. The molecule has 0 aromatic rings. The van der Waals surface area contributed by atoms with Crippen molar-refractivity contribution in [3.05, 3.63) is 0 Å². The van der Waals surface area contributed by atoms with Gasteiger partial charge in [-0.2, -0.15) is 0 Å². The number of carboxylic acids is 1. The van der Waals surface area contributed by atoms with Crippen molar-refractivity contribution >= 4 is 5.97 Å². The van der Waals surface area contributed by atoms with Gasteiger partial charge in [-0.15, -0.1) is 0 Å². The van der Waals surface area contributed by atoms with E-state index in [1.54, 1.807) is 0 Å². The van der Waals surface area contributed by atoms with E-state index in [0.717, 1.165) is 13.2 Å². The lowest BCUT2D eigenvalue weighted by Crippen LogP contribution is -1.96. The van der Waals surface area contributed by atoms with Gasteiger partial charge in [0, 0.05) is 6.42 Å². The van der Waals surface area contributed by atoms with Crippen LogP contribution in [0.5, 0.6) is 0 Å². The first-order valence-electron chi connectivity index (χ1n) is 4.13. The Bertz CT molecular complexity index is 149. The molecule has 4 nitrogen and oxygen atoms in total. The maximum atomic E-state index is 9.88. The molecule has 0 aromatic heterocycles. The van der Waals surface area contributed by atoms with Gasteiger partial charge in [0.15, 0.2) is 0 Å². The lowest BCUT2D eigenvalue weighted by atomic mass is 10.2. The molecule has 0 aromatic carbocycles. The SMILES string of the molecule is CC1CO1.O=C(O)CCC1CO1. The number of epoxide rings is 2. The molecular formula is C8H14O4. The molecule has 0 amide bonds. The first kappa shape index (κ1) is 9.48. The molecule has 2 unspecified atom stereocenters. The van der Waals surface area contributed by atoms with Gasteiger partial charge >= 0.3 is 5.97 Å². The summed E-state index contributed by atoms with van der Waals surface area (Å²) in [6, 6.07) is 0. The molecule has 2 aliphatic heterocycles. The summed E-state index contributed by atoms with van der Waals surface area (Å²) in [5, 5.41) is 8.13. The first-order chi connectivity index (χ1) is 5.68. The van der Waals surface area contributed by atoms with E-state index in [1.165, 1.54) is 0 Å². The monoisotopic (exact) mass is 174 g/mol. The van der Waals surface area contributed by atoms with E-state index in [1.807, 2.05) is 0 Å². The third kappa shape index (κ3) is 6.12. The van der Waals surface area contributed by atoms with E-state index in [0.29, 0.717) is 12.5 Å². The predicted octanol–water partition coefficient (Wildman–Crippen LogP) is 0.655. The van der Waals surface area contributed by atoms with Crippen LogP contribution in [-0.4, -0.2) is 36.5 Å². The molecule has 2 fully saturated rings. The molecule has 0 spiro atoms. The highest BCUT2D eigenvalue weighted by molar-refractivity contribution is 5.66. The number of hydrogen-bond acceptors (Lipinski definition) is 3. The Morgan fingerprint density at radius 2 is 2.00 bits per heavy atom. The van der Waals surface area contributed by atoms with Crippen LogP contribution in [0, 0.1) is 0 Å². The molecule has 0 radical (unpaired) electrons. The van der Waals surface area contributed by atoms with Gasteiger partial charge in [-0.3, -0.25) is 4.79 Å². The van der Waals surface area contributed by atoms with Crippen LogP contribution in [0.15, 0.2) is 0 Å². The number of rotatable bonds is 3. The van der Waals surface area contributed by atoms with Crippen LogP contribution >= 0.6 is 0 Å². The molecule has 0 saturated carbocycles. The lowest BCUT2D eigenvalue weighted by molar-refractivity contribution is -0.137. The fraction of sp³-hybridized carbons (Fsp3) is 0.875. The molecule has 12 heavy (non-hydrogen) atoms. The number of carboxylic acid groups (broad SMARTS) is 1. The van der Waals surface area contributed by atoms with Crippen LogP contribution in [0.2, 0.25) is 0 Å². The largest absolute Gasteiger partial charge is 0.481 e. The summed E-state index contributed by atoms with van der Waals surface area (Å²) < 4.78 is 9.50. The van der Waals surface area contributed by atoms with Crippen molar-refractivity contribution in [2.45, 2.75) is 32.0 Å². The third-order valence-electron chi connectivity index (χ3n) is 1.58. The molecule has 2 rings (SSSR count). The number of ether oxygens (including phenoxy) is 2. The van der Waals surface area contributed by atoms with Crippen molar-refractivity contribution in [2.24, 2.45) is 0 Å². The van der Waals surface area contributed by atoms with Gasteiger partial charge in [0.05, 0.1) is 25.4 Å². The summed E-state index contributed by atoms with van der Waals surface area (Å²) in [5.74, 6) is -0.736. The van der Waals surface area contributed by atoms with Crippen LogP contribution in [0.4, 0.5) is 0 Å². The van der Waals surface area contributed by atoms with Crippen molar-refractivity contribution in [3.63, 3.8) is 0 Å². The Labute approximate surface area is 71.5 Å². The Morgan fingerprint density at radius 3 is 2.25 bits per heavy atom. The predicted molar refractivity (Wildman–Crippen MR) is 42.0 cm³/mol. The Morgan fingerprint density at radius 1 is 1.50 bits per heavy atom. The highest BCUT2D eigenvalue weighted by atomic mass is 16.6. The first-order valence-corrected chi connectivity index (χ1v) is 4.13. The molecule has 70 valence electrons. The highest BCUT2D eigenvalue weighted by Gasteiger charge is 2.22. The van der Waals surface area contributed by atoms with E-state index < -0.39 is 5.97 Å². The van der Waals surface area contributed by atoms with E-state index in [9.17, 15) is 4.79 Å². The second-order valence-corrected chi connectivity index (χ2v) is 3.03. The van der Waals surface area contributed by atoms with Crippen LogP contribution in [0.3, 0.4) is 0 Å².